The molecule has 5 nitrogen and oxygen atoms in total. The molecule has 0 saturated carbocycles. The molecule has 1 N–H and O–H groups in total. The third-order valence-corrected chi connectivity index (χ3v) is 5.52. The molecular formula is C21H21NO4S. The highest BCUT2D eigenvalue weighted by molar-refractivity contribution is 7.16. The van der Waals surface area contributed by atoms with Crippen LogP contribution in [0.1, 0.15) is 38.1 Å². The van der Waals surface area contributed by atoms with Crippen LogP contribution in [-0.4, -0.2) is 25.6 Å². The molecule has 140 valence electrons. The van der Waals surface area contributed by atoms with Crippen LogP contribution < -0.4 is 10.1 Å². The van der Waals surface area contributed by atoms with Gasteiger partial charge in [0.1, 0.15) is 10.8 Å². The number of aryl methyl sites for hydroxylation is 1. The van der Waals surface area contributed by atoms with Crippen molar-refractivity contribution >= 4 is 39.0 Å². The molecule has 1 amide bonds. The highest BCUT2D eigenvalue weighted by atomic mass is 32.1. The van der Waals surface area contributed by atoms with Crippen molar-refractivity contribution in [3.8, 4) is 5.75 Å². The second-order valence-corrected chi connectivity index (χ2v) is 7.31. The first-order valence-corrected chi connectivity index (χ1v) is 9.42. The molecule has 0 radical (unpaired) electrons. The molecule has 1 heterocycles. The number of fused-ring (bicyclic) bond motifs is 1. The smallest absolute Gasteiger partial charge is 0.341 e. The summed E-state index contributed by atoms with van der Waals surface area (Å²) in [4.78, 5) is 26.0. The van der Waals surface area contributed by atoms with E-state index in [4.69, 9.17) is 9.47 Å². The Balaban J connectivity index is 1.90. The lowest BCUT2D eigenvalue weighted by Crippen LogP contribution is -2.14. The summed E-state index contributed by atoms with van der Waals surface area (Å²) in [6, 6.07) is 11.1. The van der Waals surface area contributed by atoms with Gasteiger partial charge in [-0.25, -0.2) is 4.79 Å². The predicted molar refractivity (Wildman–Crippen MR) is 108 cm³/mol. The fourth-order valence-corrected chi connectivity index (χ4v) is 3.87. The summed E-state index contributed by atoms with van der Waals surface area (Å²) >= 11 is 1.38. The van der Waals surface area contributed by atoms with Gasteiger partial charge in [-0.05, 0) is 61.4 Å². The number of amides is 1. The maximum absolute atomic E-state index is 12.8. The first kappa shape index (κ1) is 18.9. The Morgan fingerprint density at radius 1 is 1.07 bits per heavy atom. The number of carbonyl (C=O) groups excluding carboxylic acids is 2. The second-order valence-electron chi connectivity index (χ2n) is 6.09. The topological polar surface area (TPSA) is 64.6 Å². The Morgan fingerprint density at radius 2 is 1.78 bits per heavy atom. The third kappa shape index (κ3) is 3.80. The molecule has 2 aromatic carbocycles. The lowest BCUT2D eigenvalue weighted by molar-refractivity contribution is 0.0527. The Morgan fingerprint density at radius 3 is 2.48 bits per heavy atom. The molecule has 0 saturated heterocycles. The highest BCUT2D eigenvalue weighted by Crippen LogP contribution is 2.33. The third-order valence-electron chi connectivity index (χ3n) is 4.40. The van der Waals surface area contributed by atoms with Gasteiger partial charge in [-0.15, -0.1) is 11.3 Å². The molecule has 1 aromatic heterocycles. The molecule has 0 spiro atoms. The molecule has 0 aliphatic rings. The van der Waals surface area contributed by atoms with Gasteiger partial charge in [-0.3, -0.25) is 4.79 Å². The van der Waals surface area contributed by atoms with Gasteiger partial charge < -0.3 is 14.8 Å². The SMILES string of the molecule is CCOC(=O)c1c(NC(=O)c2ccc3cc(OC)ccc3c2)sc(C)c1C. The Kier molecular flexibility index (Phi) is 5.46. The zero-order valence-electron chi connectivity index (χ0n) is 15.7. The standard InChI is InChI=1S/C21H21NO4S/c1-5-26-21(24)18-12(2)13(3)27-20(18)22-19(23)16-7-6-15-11-17(25-4)9-8-14(15)10-16/h6-11H,5H2,1-4H3,(H,22,23). The number of hydrogen-bond acceptors (Lipinski definition) is 5. The van der Waals surface area contributed by atoms with Crippen molar-refractivity contribution in [2.75, 3.05) is 19.0 Å². The molecule has 3 aromatic rings. The number of benzene rings is 2. The van der Waals surface area contributed by atoms with Gasteiger partial charge in [0.2, 0.25) is 0 Å². The molecule has 0 aliphatic heterocycles. The van der Waals surface area contributed by atoms with Crippen molar-refractivity contribution in [2.45, 2.75) is 20.8 Å². The van der Waals surface area contributed by atoms with Crippen molar-refractivity contribution in [2.24, 2.45) is 0 Å². The van der Waals surface area contributed by atoms with Gasteiger partial charge >= 0.3 is 5.97 Å². The van der Waals surface area contributed by atoms with Gasteiger partial charge in [0.05, 0.1) is 19.3 Å². The summed E-state index contributed by atoms with van der Waals surface area (Å²) in [6.45, 7) is 5.82. The van der Waals surface area contributed by atoms with Crippen molar-refractivity contribution in [1.29, 1.82) is 0 Å². The van der Waals surface area contributed by atoms with E-state index in [-0.39, 0.29) is 12.5 Å². The quantitative estimate of drug-likeness (QED) is 0.633. The van der Waals surface area contributed by atoms with Crippen molar-refractivity contribution in [3.05, 3.63) is 58.0 Å². The fourth-order valence-electron chi connectivity index (χ4n) is 2.83. The molecule has 6 heteroatoms. The van der Waals surface area contributed by atoms with E-state index in [2.05, 4.69) is 5.32 Å². The molecular weight excluding hydrogens is 362 g/mol. The monoisotopic (exact) mass is 383 g/mol. The van der Waals surface area contributed by atoms with Crippen LogP contribution in [0.3, 0.4) is 0 Å². The van der Waals surface area contributed by atoms with Crippen molar-refractivity contribution < 1.29 is 19.1 Å². The van der Waals surface area contributed by atoms with Crippen LogP contribution in [0.25, 0.3) is 10.8 Å². The number of carbonyl (C=O) groups is 2. The van der Waals surface area contributed by atoms with Crippen molar-refractivity contribution in [1.82, 2.24) is 0 Å². The van der Waals surface area contributed by atoms with E-state index in [1.54, 1.807) is 20.1 Å². The maximum Gasteiger partial charge on any atom is 0.341 e. The van der Waals surface area contributed by atoms with E-state index >= 15 is 0 Å². The first-order valence-electron chi connectivity index (χ1n) is 8.60. The normalized spacial score (nSPS) is 10.7. The van der Waals surface area contributed by atoms with E-state index in [9.17, 15) is 9.59 Å². The average Bonchev–Trinajstić information content (AvgIpc) is 2.94. The molecule has 0 unspecified atom stereocenters. The molecule has 0 aliphatic carbocycles. The van der Waals surface area contributed by atoms with Gasteiger partial charge in [-0.2, -0.15) is 0 Å². The van der Waals surface area contributed by atoms with Crippen LogP contribution >= 0.6 is 11.3 Å². The largest absolute Gasteiger partial charge is 0.497 e. The van der Waals surface area contributed by atoms with Crippen LogP contribution in [0.4, 0.5) is 5.00 Å². The summed E-state index contributed by atoms with van der Waals surface area (Å²) in [5.41, 5.74) is 1.78. The van der Waals surface area contributed by atoms with E-state index in [0.717, 1.165) is 27.0 Å². The predicted octanol–water partition coefficient (Wildman–Crippen LogP) is 4.96. The molecule has 0 fully saturated rings. The number of rotatable bonds is 5. The summed E-state index contributed by atoms with van der Waals surface area (Å²) < 4.78 is 10.4. The zero-order chi connectivity index (χ0) is 19.6. The van der Waals surface area contributed by atoms with Gasteiger partial charge in [0.15, 0.2) is 0 Å². The summed E-state index contributed by atoms with van der Waals surface area (Å²) in [6.07, 6.45) is 0. The Labute approximate surface area is 161 Å². The number of ether oxygens (including phenoxy) is 2. The number of nitrogens with one attached hydrogen (secondary N) is 1. The number of anilines is 1. The lowest BCUT2D eigenvalue weighted by Gasteiger charge is -2.08. The number of esters is 1. The maximum atomic E-state index is 12.8. The summed E-state index contributed by atoms with van der Waals surface area (Å²) in [5.74, 6) is 0.0862. The number of thiophene rings is 1. The van der Waals surface area contributed by atoms with E-state index in [1.165, 1.54) is 11.3 Å². The minimum absolute atomic E-state index is 0.264. The number of hydrogen-bond donors (Lipinski definition) is 1. The highest BCUT2D eigenvalue weighted by Gasteiger charge is 2.22. The molecule has 3 rings (SSSR count). The molecule has 0 atom stereocenters. The zero-order valence-corrected chi connectivity index (χ0v) is 16.5. The van der Waals surface area contributed by atoms with E-state index < -0.39 is 5.97 Å². The van der Waals surface area contributed by atoms with Crippen LogP contribution in [0.15, 0.2) is 36.4 Å². The van der Waals surface area contributed by atoms with Gasteiger partial charge in [0.25, 0.3) is 5.91 Å². The summed E-state index contributed by atoms with van der Waals surface area (Å²) in [5, 5.41) is 5.31. The Hall–Kier alpha value is -2.86. The van der Waals surface area contributed by atoms with Gasteiger partial charge in [0, 0.05) is 10.4 Å². The van der Waals surface area contributed by atoms with E-state index in [0.29, 0.717) is 16.1 Å². The van der Waals surface area contributed by atoms with E-state index in [1.807, 2.05) is 44.2 Å². The minimum Gasteiger partial charge on any atom is -0.497 e. The Bertz CT molecular complexity index is 1020. The van der Waals surface area contributed by atoms with Crippen LogP contribution in [0.5, 0.6) is 5.75 Å². The van der Waals surface area contributed by atoms with Crippen LogP contribution in [0.2, 0.25) is 0 Å². The average molecular weight is 383 g/mol. The molecule has 0 bridgehead atoms. The van der Waals surface area contributed by atoms with Crippen LogP contribution in [0, 0.1) is 13.8 Å². The first-order chi connectivity index (χ1) is 12.9. The van der Waals surface area contributed by atoms with Crippen LogP contribution in [-0.2, 0) is 4.74 Å². The minimum atomic E-state index is -0.416. The van der Waals surface area contributed by atoms with Gasteiger partial charge in [-0.1, -0.05) is 12.1 Å². The lowest BCUT2D eigenvalue weighted by atomic mass is 10.1. The number of methoxy groups -OCH3 is 1. The molecule has 27 heavy (non-hydrogen) atoms. The summed E-state index contributed by atoms with van der Waals surface area (Å²) in [7, 11) is 1.62. The fraction of sp³-hybridized carbons (Fsp3) is 0.238. The van der Waals surface area contributed by atoms with Crippen molar-refractivity contribution in [3.63, 3.8) is 0 Å². The second kappa shape index (κ2) is 7.80.